The predicted molar refractivity (Wildman–Crippen MR) is 84.2 cm³/mol. The molecule has 1 aromatic rings. The summed E-state index contributed by atoms with van der Waals surface area (Å²) in [7, 11) is 4.15. The van der Waals surface area contributed by atoms with Crippen LogP contribution in [-0.4, -0.2) is 31.6 Å². The van der Waals surface area contributed by atoms with Gasteiger partial charge in [-0.2, -0.15) is 0 Å². The van der Waals surface area contributed by atoms with Crippen LogP contribution in [0.15, 0.2) is 18.2 Å². The number of rotatable bonds is 7. The zero-order valence-electron chi connectivity index (χ0n) is 12.5. The van der Waals surface area contributed by atoms with Gasteiger partial charge in [0.1, 0.15) is 5.75 Å². The molecule has 0 amide bonds. The van der Waals surface area contributed by atoms with Crippen molar-refractivity contribution in [3.63, 3.8) is 0 Å². The van der Waals surface area contributed by atoms with Gasteiger partial charge in [-0.3, -0.25) is 0 Å². The molecule has 1 atom stereocenters. The molecule has 1 aromatic carbocycles. The number of halogens is 1. The Morgan fingerprint density at radius 2 is 1.95 bits per heavy atom. The third-order valence-corrected chi connectivity index (χ3v) is 2.93. The summed E-state index contributed by atoms with van der Waals surface area (Å²) in [6.07, 6.45) is 1.87. The van der Waals surface area contributed by atoms with Gasteiger partial charge in [-0.05, 0) is 51.1 Å². The van der Waals surface area contributed by atoms with Crippen LogP contribution in [0, 0.1) is 0 Å². The monoisotopic (exact) mass is 286 g/mol. The fourth-order valence-electron chi connectivity index (χ4n) is 1.98. The van der Waals surface area contributed by atoms with Crippen molar-refractivity contribution in [3.8, 4) is 5.75 Å². The first-order chi connectivity index (χ1) is 8.56. The minimum atomic E-state index is 0. The SMILES string of the molecule is CCOc1ccc(CN(C)C)cc1CC(N)CC.Cl. The van der Waals surface area contributed by atoms with Gasteiger partial charge in [-0.25, -0.2) is 0 Å². The van der Waals surface area contributed by atoms with Gasteiger partial charge in [0.05, 0.1) is 6.61 Å². The van der Waals surface area contributed by atoms with Gasteiger partial charge >= 0.3 is 0 Å². The van der Waals surface area contributed by atoms with Gasteiger partial charge in [-0.1, -0.05) is 19.1 Å². The Morgan fingerprint density at radius 1 is 1.26 bits per heavy atom. The molecule has 0 radical (unpaired) electrons. The zero-order valence-corrected chi connectivity index (χ0v) is 13.3. The summed E-state index contributed by atoms with van der Waals surface area (Å²) < 4.78 is 5.67. The van der Waals surface area contributed by atoms with Crippen LogP contribution in [0.5, 0.6) is 5.75 Å². The summed E-state index contributed by atoms with van der Waals surface area (Å²) in [6, 6.07) is 6.63. The van der Waals surface area contributed by atoms with E-state index >= 15 is 0 Å². The second-order valence-electron chi connectivity index (χ2n) is 4.99. The number of benzene rings is 1. The van der Waals surface area contributed by atoms with E-state index in [9.17, 15) is 0 Å². The molecule has 110 valence electrons. The highest BCUT2D eigenvalue weighted by molar-refractivity contribution is 5.85. The van der Waals surface area contributed by atoms with E-state index in [0.717, 1.165) is 25.1 Å². The summed E-state index contributed by atoms with van der Waals surface area (Å²) >= 11 is 0. The van der Waals surface area contributed by atoms with E-state index in [0.29, 0.717) is 6.61 Å². The first-order valence-corrected chi connectivity index (χ1v) is 6.71. The van der Waals surface area contributed by atoms with Crippen LogP contribution >= 0.6 is 12.4 Å². The lowest BCUT2D eigenvalue weighted by molar-refractivity contribution is 0.335. The van der Waals surface area contributed by atoms with Gasteiger partial charge in [0.2, 0.25) is 0 Å². The molecular weight excluding hydrogens is 260 g/mol. The summed E-state index contributed by atoms with van der Waals surface area (Å²) in [6.45, 7) is 5.77. The summed E-state index contributed by atoms with van der Waals surface area (Å²) in [5.41, 5.74) is 8.59. The number of nitrogens with zero attached hydrogens (tertiary/aromatic N) is 1. The molecule has 19 heavy (non-hydrogen) atoms. The molecule has 2 N–H and O–H groups in total. The Kier molecular flexibility index (Phi) is 8.81. The van der Waals surface area contributed by atoms with E-state index in [2.05, 4.69) is 44.1 Å². The first kappa shape index (κ1) is 18.2. The first-order valence-electron chi connectivity index (χ1n) is 6.71. The predicted octanol–water partition coefficient (Wildman–Crippen LogP) is 2.85. The van der Waals surface area contributed by atoms with Crippen molar-refractivity contribution in [1.82, 2.24) is 4.90 Å². The lowest BCUT2D eigenvalue weighted by Crippen LogP contribution is -2.22. The molecule has 0 aromatic heterocycles. The van der Waals surface area contributed by atoms with Crippen LogP contribution in [0.25, 0.3) is 0 Å². The second kappa shape index (κ2) is 9.18. The second-order valence-corrected chi connectivity index (χ2v) is 4.99. The minimum Gasteiger partial charge on any atom is -0.494 e. The number of hydrogen-bond acceptors (Lipinski definition) is 3. The van der Waals surface area contributed by atoms with Gasteiger partial charge < -0.3 is 15.4 Å². The molecule has 0 heterocycles. The Labute approximate surface area is 123 Å². The lowest BCUT2D eigenvalue weighted by Gasteiger charge is -2.16. The van der Waals surface area contributed by atoms with Gasteiger partial charge in [0.15, 0.2) is 0 Å². The molecule has 0 aliphatic rings. The van der Waals surface area contributed by atoms with Crippen LogP contribution in [-0.2, 0) is 13.0 Å². The van der Waals surface area contributed by atoms with Gasteiger partial charge in [0, 0.05) is 12.6 Å². The Hall–Kier alpha value is -0.770. The Balaban J connectivity index is 0.00000324. The maximum Gasteiger partial charge on any atom is 0.122 e. The molecule has 4 heteroatoms. The maximum absolute atomic E-state index is 6.06. The molecule has 0 aliphatic carbocycles. The van der Waals surface area contributed by atoms with E-state index < -0.39 is 0 Å². The van der Waals surface area contributed by atoms with Crippen molar-refractivity contribution in [2.75, 3.05) is 20.7 Å². The van der Waals surface area contributed by atoms with Crippen molar-refractivity contribution < 1.29 is 4.74 Å². The topological polar surface area (TPSA) is 38.5 Å². The van der Waals surface area contributed by atoms with E-state index in [4.69, 9.17) is 10.5 Å². The Morgan fingerprint density at radius 3 is 2.47 bits per heavy atom. The van der Waals surface area contributed by atoms with Gasteiger partial charge in [-0.15, -0.1) is 12.4 Å². The number of hydrogen-bond donors (Lipinski definition) is 1. The highest BCUT2D eigenvalue weighted by Gasteiger charge is 2.09. The molecule has 1 rings (SSSR count). The largest absolute Gasteiger partial charge is 0.494 e. The number of nitrogens with two attached hydrogens (primary N) is 1. The van der Waals surface area contributed by atoms with Crippen molar-refractivity contribution in [2.45, 2.75) is 39.3 Å². The third kappa shape index (κ3) is 6.28. The molecular formula is C15H27ClN2O. The highest BCUT2D eigenvalue weighted by Crippen LogP contribution is 2.22. The summed E-state index contributed by atoms with van der Waals surface area (Å²) in [5.74, 6) is 0.976. The Bertz CT molecular complexity index is 369. The maximum atomic E-state index is 6.06. The average Bonchev–Trinajstić information content (AvgIpc) is 2.31. The summed E-state index contributed by atoms with van der Waals surface area (Å²) in [4.78, 5) is 2.17. The van der Waals surface area contributed by atoms with E-state index in [1.54, 1.807) is 0 Å². The third-order valence-electron chi connectivity index (χ3n) is 2.93. The van der Waals surface area contributed by atoms with E-state index in [1.807, 2.05) is 6.92 Å². The standard InChI is InChI=1S/C15H26N2O.ClH/c1-5-14(16)10-13-9-12(11-17(3)4)7-8-15(13)18-6-2;/h7-9,14H,5-6,10-11,16H2,1-4H3;1H. The molecule has 0 saturated heterocycles. The smallest absolute Gasteiger partial charge is 0.122 e. The molecule has 1 unspecified atom stereocenters. The van der Waals surface area contributed by atoms with Crippen molar-refractivity contribution in [3.05, 3.63) is 29.3 Å². The zero-order chi connectivity index (χ0) is 13.5. The normalized spacial score (nSPS) is 12.1. The van der Waals surface area contributed by atoms with Gasteiger partial charge in [0.25, 0.3) is 0 Å². The van der Waals surface area contributed by atoms with E-state index in [-0.39, 0.29) is 18.4 Å². The molecule has 0 bridgehead atoms. The highest BCUT2D eigenvalue weighted by atomic mass is 35.5. The van der Waals surface area contributed by atoms with Crippen LogP contribution in [0.3, 0.4) is 0 Å². The molecule has 0 aliphatic heterocycles. The van der Waals surface area contributed by atoms with Crippen LogP contribution < -0.4 is 10.5 Å². The molecule has 0 fully saturated rings. The van der Waals surface area contributed by atoms with Crippen molar-refractivity contribution in [1.29, 1.82) is 0 Å². The van der Waals surface area contributed by atoms with Crippen LogP contribution in [0.2, 0.25) is 0 Å². The van der Waals surface area contributed by atoms with Crippen LogP contribution in [0.4, 0.5) is 0 Å². The average molecular weight is 287 g/mol. The minimum absolute atomic E-state index is 0. The van der Waals surface area contributed by atoms with E-state index in [1.165, 1.54) is 11.1 Å². The lowest BCUT2D eigenvalue weighted by atomic mass is 10.0. The molecule has 0 saturated carbocycles. The van der Waals surface area contributed by atoms with Crippen molar-refractivity contribution >= 4 is 12.4 Å². The van der Waals surface area contributed by atoms with Crippen molar-refractivity contribution in [2.24, 2.45) is 5.73 Å². The fraction of sp³-hybridized carbons (Fsp3) is 0.600. The van der Waals surface area contributed by atoms with Crippen LogP contribution in [0.1, 0.15) is 31.4 Å². The fourth-order valence-corrected chi connectivity index (χ4v) is 1.98. The quantitative estimate of drug-likeness (QED) is 0.838. The molecule has 3 nitrogen and oxygen atoms in total. The number of ether oxygens (including phenoxy) is 1. The molecule has 0 spiro atoms. The summed E-state index contributed by atoms with van der Waals surface area (Å²) in [5, 5.41) is 0.